The summed E-state index contributed by atoms with van der Waals surface area (Å²) >= 11 is 12.3. The maximum Gasteiger partial charge on any atom is 0.326 e. The van der Waals surface area contributed by atoms with Gasteiger partial charge in [-0.1, -0.05) is 65.7 Å². The van der Waals surface area contributed by atoms with Gasteiger partial charge in [0.2, 0.25) is 5.91 Å². The summed E-state index contributed by atoms with van der Waals surface area (Å²) in [5, 5.41) is 18.8. The first kappa shape index (κ1) is 25.3. The van der Waals surface area contributed by atoms with Gasteiger partial charge < -0.3 is 15.4 Å². The number of aliphatic carboxylic acids is 1. The molecular formula is C29H22Cl2N4O3. The molecule has 0 saturated carbocycles. The largest absolute Gasteiger partial charge is 0.480 e. The molecule has 2 heterocycles. The number of carboxylic acid groups (broad SMARTS) is 1. The summed E-state index contributed by atoms with van der Waals surface area (Å²) in [6, 6.07) is 21.2. The zero-order valence-electron chi connectivity index (χ0n) is 19.9. The Morgan fingerprint density at radius 3 is 2.55 bits per heavy atom. The van der Waals surface area contributed by atoms with E-state index >= 15 is 0 Å². The molecule has 9 heteroatoms. The van der Waals surface area contributed by atoms with Gasteiger partial charge in [-0.15, -0.1) is 0 Å². The van der Waals surface area contributed by atoms with E-state index in [2.05, 4.69) is 10.3 Å². The average Bonchev–Trinajstić information content (AvgIpc) is 3.54. The summed E-state index contributed by atoms with van der Waals surface area (Å²) in [7, 11) is 0. The molecule has 0 bridgehead atoms. The minimum Gasteiger partial charge on any atom is -0.480 e. The van der Waals surface area contributed by atoms with Crippen LogP contribution in [0.1, 0.15) is 11.1 Å². The van der Waals surface area contributed by atoms with Gasteiger partial charge in [0.25, 0.3) is 0 Å². The van der Waals surface area contributed by atoms with E-state index in [1.54, 1.807) is 41.4 Å². The number of benzene rings is 3. The first-order valence-corrected chi connectivity index (χ1v) is 12.5. The van der Waals surface area contributed by atoms with Crippen LogP contribution in [-0.4, -0.2) is 37.8 Å². The van der Waals surface area contributed by atoms with Gasteiger partial charge in [-0.05, 0) is 42.0 Å². The second-order valence-electron chi connectivity index (χ2n) is 8.64. The minimum atomic E-state index is -1.12. The van der Waals surface area contributed by atoms with Gasteiger partial charge in [-0.2, -0.15) is 5.10 Å². The second-order valence-corrected chi connectivity index (χ2v) is 9.45. The number of halogens is 2. The number of aromatic nitrogens is 3. The van der Waals surface area contributed by atoms with Gasteiger partial charge >= 0.3 is 5.97 Å². The molecule has 3 aromatic carbocycles. The van der Waals surface area contributed by atoms with Crippen molar-refractivity contribution in [3.05, 3.63) is 112 Å². The van der Waals surface area contributed by atoms with E-state index in [9.17, 15) is 14.7 Å². The fraction of sp³-hybridized carbons (Fsp3) is 0.0690. The fourth-order valence-corrected chi connectivity index (χ4v) is 4.49. The van der Waals surface area contributed by atoms with Crippen LogP contribution in [0, 0.1) is 0 Å². The Bertz CT molecular complexity index is 1660. The van der Waals surface area contributed by atoms with Gasteiger partial charge in [0.15, 0.2) is 0 Å². The molecule has 190 valence electrons. The van der Waals surface area contributed by atoms with Crippen molar-refractivity contribution in [3.8, 4) is 16.9 Å². The highest BCUT2D eigenvalue weighted by molar-refractivity contribution is 6.42. The summed E-state index contributed by atoms with van der Waals surface area (Å²) < 4.78 is 1.70. The lowest BCUT2D eigenvalue weighted by Gasteiger charge is -2.12. The van der Waals surface area contributed by atoms with Crippen molar-refractivity contribution in [1.82, 2.24) is 20.1 Å². The van der Waals surface area contributed by atoms with Crippen molar-refractivity contribution >= 4 is 52.1 Å². The molecule has 0 saturated heterocycles. The van der Waals surface area contributed by atoms with Crippen molar-refractivity contribution in [2.24, 2.45) is 0 Å². The number of carbonyl (C=O) groups excluding carboxylic acids is 1. The number of fused-ring (bicyclic) bond motifs is 1. The third kappa shape index (κ3) is 5.49. The van der Waals surface area contributed by atoms with E-state index in [1.165, 1.54) is 6.08 Å². The van der Waals surface area contributed by atoms with E-state index in [4.69, 9.17) is 28.3 Å². The van der Waals surface area contributed by atoms with Crippen LogP contribution in [0.25, 0.3) is 33.9 Å². The Balaban J connectivity index is 1.40. The Hall–Kier alpha value is -4.33. The molecule has 1 amide bonds. The molecular weight excluding hydrogens is 523 g/mol. The van der Waals surface area contributed by atoms with Gasteiger partial charge in [-0.3, -0.25) is 4.79 Å². The second kappa shape index (κ2) is 11.0. The van der Waals surface area contributed by atoms with Crippen molar-refractivity contribution in [3.63, 3.8) is 0 Å². The molecule has 5 rings (SSSR count). The Labute approximate surface area is 228 Å². The normalized spacial score (nSPS) is 12.2. The predicted octanol–water partition coefficient (Wildman–Crippen LogP) is 6.15. The van der Waals surface area contributed by atoms with Crippen LogP contribution < -0.4 is 5.32 Å². The SMILES string of the molecule is O=C(C=Cc1cn(-c2ccccc2)nc1-c1ccc(Cl)c(Cl)c1)N[C@@H](Cc1c[nH]c2ccccc12)C(=O)O. The molecule has 0 aliphatic rings. The Kier molecular flexibility index (Phi) is 7.31. The molecule has 1 atom stereocenters. The van der Waals surface area contributed by atoms with Crippen LogP contribution in [0.4, 0.5) is 0 Å². The lowest BCUT2D eigenvalue weighted by atomic mass is 10.0. The van der Waals surface area contributed by atoms with Crippen molar-refractivity contribution in [2.75, 3.05) is 0 Å². The van der Waals surface area contributed by atoms with Crippen LogP contribution in [0.3, 0.4) is 0 Å². The van der Waals surface area contributed by atoms with Crippen molar-refractivity contribution in [2.45, 2.75) is 12.5 Å². The molecule has 0 spiro atoms. The molecule has 5 aromatic rings. The maximum absolute atomic E-state index is 12.8. The van der Waals surface area contributed by atoms with Gasteiger partial charge in [-0.25, -0.2) is 9.48 Å². The van der Waals surface area contributed by atoms with E-state index in [0.717, 1.165) is 27.7 Å². The summed E-state index contributed by atoms with van der Waals surface area (Å²) in [6.45, 7) is 0. The number of carbonyl (C=O) groups is 2. The van der Waals surface area contributed by atoms with E-state index in [-0.39, 0.29) is 6.42 Å². The quantitative estimate of drug-likeness (QED) is 0.204. The molecule has 7 nitrogen and oxygen atoms in total. The first-order chi connectivity index (χ1) is 18.4. The topological polar surface area (TPSA) is 100 Å². The first-order valence-electron chi connectivity index (χ1n) is 11.8. The maximum atomic E-state index is 12.8. The third-order valence-electron chi connectivity index (χ3n) is 6.08. The monoisotopic (exact) mass is 544 g/mol. The number of carboxylic acids is 1. The fourth-order valence-electron chi connectivity index (χ4n) is 4.20. The molecule has 2 aromatic heterocycles. The zero-order chi connectivity index (χ0) is 26.6. The standard InChI is InChI=1S/C29H22Cl2N4O3/c30-23-12-10-18(14-24(23)31)28-19(17-35(34-28)21-6-2-1-3-7-21)11-13-27(36)33-26(29(37)38)15-20-16-32-25-9-5-4-8-22(20)25/h1-14,16-17,26,32H,15H2,(H,33,36)(H,37,38)/t26-/m0/s1. The Morgan fingerprint density at radius 1 is 1.03 bits per heavy atom. The van der Waals surface area contributed by atoms with Crippen molar-refractivity contribution in [1.29, 1.82) is 0 Å². The molecule has 0 aliphatic carbocycles. The third-order valence-corrected chi connectivity index (χ3v) is 6.82. The van der Waals surface area contributed by atoms with Gasteiger partial charge in [0, 0.05) is 46.9 Å². The summed E-state index contributed by atoms with van der Waals surface area (Å²) in [4.78, 5) is 27.9. The molecule has 0 aliphatic heterocycles. The van der Waals surface area contributed by atoms with Gasteiger partial charge in [0.05, 0.1) is 15.7 Å². The summed E-state index contributed by atoms with van der Waals surface area (Å²) in [5.41, 5.74) is 4.50. The lowest BCUT2D eigenvalue weighted by molar-refractivity contribution is -0.141. The molecule has 38 heavy (non-hydrogen) atoms. The zero-order valence-corrected chi connectivity index (χ0v) is 21.4. The van der Waals surface area contributed by atoms with E-state index in [0.29, 0.717) is 21.3 Å². The summed E-state index contributed by atoms with van der Waals surface area (Å²) in [6.07, 6.45) is 6.60. The summed E-state index contributed by atoms with van der Waals surface area (Å²) in [5.74, 6) is -1.66. The van der Waals surface area contributed by atoms with Crippen molar-refractivity contribution < 1.29 is 14.7 Å². The lowest BCUT2D eigenvalue weighted by Crippen LogP contribution is -2.41. The van der Waals surface area contributed by atoms with E-state index in [1.807, 2.05) is 54.6 Å². The average molecular weight is 545 g/mol. The minimum absolute atomic E-state index is 0.138. The van der Waals surface area contributed by atoms with Gasteiger partial charge in [0.1, 0.15) is 11.7 Å². The number of rotatable bonds is 8. The number of aromatic amines is 1. The number of nitrogens with one attached hydrogen (secondary N) is 2. The molecule has 0 unspecified atom stereocenters. The van der Waals surface area contributed by atoms with E-state index < -0.39 is 17.9 Å². The van der Waals surface area contributed by atoms with Crippen LogP contribution in [-0.2, 0) is 16.0 Å². The number of hydrogen-bond acceptors (Lipinski definition) is 3. The smallest absolute Gasteiger partial charge is 0.326 e. The molecule has 0 radical (unpaired) electrons. The molecule has 3 N–H and O–H groups in total. The van der Waals surface area contributed by atoms with Crippen LogP contribution in [0.15, 0.2) is 91.3 Å². The number of hydrogen-bond donors (Lipinski definition) is 3. The highest BCUT2D eigenvalue weighted by Crippen LogP contribution is 2.31. The predicted molar refractivity (Wildman–Crippen MR) is 150 cm³/mol. The van der Waals surface area contributed by atoms with Crippen LogP contribution >= 0.6 is 23.2 Å². The number of H-pyrrole nitrogens is 1. The Morgan fingerprint density at radius 2 is 1.79 bits per heavy atom. The van der Waals surface area contributed by atoms with Crippen LogP contribution in [0.2, 0.25) is 10.0 Å². The number of nitrogens with zero attached hydrogens (tertiary/aromatic N) is 2. The highest BCUT2D eigenvalue weighted by Gasteiger charge is 2.21. The van der Waals surface area contributed by atoms with Crippen LogP contribution in [0.5, 0.6) is 0 Å². The number of amides is 1. The highest BCUT2D eigenvalue weighted by atomic mass is 35.5. The number of para-hydroxylation sites is 2. The molecule has 0 fully saturated rings.